The largest absolute Gasteiger partial charge is 0.397 e. The van der Waals surface area contributed by atoms with Crippen molar-refractivity contribution in [3.63, 3.8) is 0 Å². The number of anilines is 1. The zero-order valence-electron chi connectivity index (χ0n) is 10.7. The monoisotopic (exact) mass is 307 g/mol. The van der Waals surface area contributed by atoms with Gasteiger partial charge >= 0.3 is 0 Å². The number of nitrogens with zero attached hydrogens (tertiary/aromatic N) is 1. The van der Waals surface area contributed by atoms with Crippen LogP contribution in [0.5, 0.6) is 0 Å². The molecule has 2 aromatic rings. The number of rotatable bonds is 5. The van der Waals surface area contributed by atoms with Crippen molar-refractivity contribution < 1.29 is 4.79 Å². The zero-order valence-corrected chi connectivity index (χ0v) is 12.2. The molecule has 0 bridgehead atoms. The number of benzene rings is 1. The molecular weight excluding hydrogens is 294 g/mol. The van der Waals surface area contributed by atoms with Crippen LogP contribution in [0.4, 0.5) is 5.69 Å². The van der Waals surface area contributed by atoms with Crippen LogP contribution in [0.2, 0.25) is 5.02 Å². The van der Waals surface area contributed by atoms with E-state index in [0.717, 1.165) is 10.5 Å². The average molecular weight is 308 g/mol. The van der Waals surface area contributed by atoms with Crippen molar-refractivity contribution in [3.8, 4) is 0 Å². The number of halogens is 1. The van der Waals surface area contributed by atoms with Gasteiger partial charge in [-0.1, -0.05) is 23.7 Å². The van der Waals surface area contributed by atoms with Gasteiger partial charge < -0.3 is 11.1 Å². The Labute approximate surface area is 126 Å². The normalized spacial score (nSPS) is 10.2. The summed E-state index contributed by atoms with van der Waals surface area (Å²) in [6, 6.07) is 9.17. The first-order chi connectivity index (χ1) is 9.65. The van der Waals surface area contributed by atoms with Crippen LogP contribution in [0, 0.1) is 0 Å². The molecule has 4 nitrogen and oxygen atoms in total. The van der Waals surface area contributed by atoms with E-state index in [0.29, 0.717) is 23.0 Å². The van der Waals surface area contributed by atoms with Gasteiger partial charge in [0.1, 0.15) is 0 Å². The predicted molar refractivity (Wildman–Crippen MR) is 82.7 cm³/mol. The minimum absolute atomic E-state index is 0.0406. The highest BCUT2D eigenvalue weighted by molar-refractivity contribution is 8.00. The van der Waals surface area contributed by atoms with Gasteiger partial charge in [0.25, 0.3) is 0 Å². The average Bonchev–Trinajstić information content (AvgIpc) is 2.46. The van der Waals surface area contributed by atoms with Crippen molar-refractivity contribution in [3.05, 3.63) is 53.3 Å². The van der Waals surface area contributed by atoms with E-state index in [1.165, 1.54) is 11.8 Å². The molecule has 0 aliphatic carbocycles. The Hall–Kier alpha value is -1.72. The molecule has 1 heterocycles. The van der Waals surface area contributed by atoms with Crippen LogP contribution in [0.25, 0.3) is 0 Å². The lowest BCUT2D eigenvalue weighted by molar-refractivity contribution is -0.118. The van der Waals surface area contributed by atoms with Crippen LogP contribution in [0.3, 0.4) is 0 Å². The molecule has 0 saturated carbocycles. The number of nitrogens with two attached hydrogens (primary N) is 1. The Kier molecular flexibility index (Phi) is 5.26. The summed E-state index contributed by atoms with van der Waals surface area (Å²) in [5.74, 6) is 0.281. The van der Waals surface area contributed by atoms with Crippen molar-refractivity contribution in [1.82, 2.24) is 10.3 Å². The van der Waals surface area contributed by atoms with E-state index in [2.05, 4.69) is 10.3 Å². The SMILES string of the molecule is Nc1cnccc1SCC(=O)NCc1ccc(Cl)cc1. The molecule has 0 radical (unpaired) electrons. The molecule has 0 aliphatic rings. The van der Waals surface area contributed by atoms with Crippen LogP contribution in [-0.4, -0.2) is 16.6 Å². The fraction of sp³-hybridized carbons (Fsp3) is 0.143. The number of hydrogen-bond acceptors (Lipinski definition) is 4. The van der Waals surface area contributed by atoms with E-state index in [4.69, 9.17) is 17.3 Å². The molecule has 1 aromatic carbocycles. The van der Waals surface area contributed by atoms with E-state index in [-0.39, 0.29) is 5.91 Å². The highest BCUT2D eigenvalue weighted by atomic mass is 35.5. The zero-order chi connectivity index (χ0) is 14.4. The first kappa shape index (κ1) is 14.7. The fourth-order valence-electron chi connectivity index (χ4n) is 1.52. The third-order valence-electron chi connectivity index (χ3n) is 2.57. The summed E-state index contributed by atoms with van der Waals surface area (Å²) in [7, 11) is 0. The highest BCUT2D eigenvalue weighted by Crippen LogP contribution is 2.22. The molecule has 0 atom stereocenters. The first-order valence-corrected chi connectivity index (χ1v) is 7.35. The molecular formula is C14H14ClN3OS. The van der Waals surface area contributed by atoms with Crippen LogP contribution < -0.4 is 11.1 Å². The molecule has 1 amide bonds. The number of nitrogens with one attached hydrogen (secondary N) is 1. The number of carbonyl (C=O) groups is 1. The molecule has 0 saturated heterocycles. The van der Waals surface area contributed by atoms with Gasteiger partial charge in [0.2, 0.25) is 5.91 Å². The quantitative estimate of drug-likeness (QED) is 0.833. The molecule has 104 valence electrons. The first-order valence-electron chi connectivity index (χ1n) is 5.98. The van der Waals surface area contributed by atoms with Crippen LogP contribution >= 0.6 is 23.4 Å². The predicted octanol–water partition coefficient (Wildman–Crippen LogP) is 2.73. The van der Waals surface area contributed by atoms with Crippen molar-refractivity contribution in [1.29, 1.82) is 0 Å². The Bertz CT molecular complexity index is 589. The summed E-state index contributed by atoms with van der Waals surface area (Å²) in [4.78, 5) is 16.5. The lowest BCUT2D eigenvalue weighted by atomic mass is 10.2. The second-order valence-electron chi connectivity index (χ2n) is 4.11. The van der Waals surface area contributed by atoms with Crippen LogP contribution in [0.1, 0.15) is 5.56 Å². The van der Waals surface area contributed by atoms with Gasteiger partial charge in [-0.3, -0.25) is 9.78 Å². The Morgan fingerprint density at radius 2 is 2.05 bits per heavy atom. The van der Waals surface area contributed by atoms with Crippen molar-refractivity contribution in [2.45, 2.75) is 11.4 Å². The second-order valence-corrected chi connectivity index (χ2v) is 5.56. The minimum Gasteiger partial charge on any atom is -0.397 e. The summed E-state index contributed by atoms with van der Waals surface area (Å²) in [6.45, 7) is 0.488. The number of thioether (sulfide) groups is 1. The second kappa shape index (κ2) is 7.17. The number of amides is 1. The maximum Gasteiger partial charge on any atom is 0.230 e. The third-order valence-corrected chi connectivity index (χ3v) is 3.91. The smallest absolute Gasteiger partial charge is 0.230 e. The number of pyridine rings is 1. The Morgan fingerprint density at radius 1 is 1.30 bits per heavy atom. The number of hydrogen-bond donors (Lipinski definition) is 2. The Morgan fingerprint density at radius 3 is 2.75 bits per heavy atom. The highest BCUT2D eigenvalue weighted by Gasteiger charge is 2.05. The maximum atomic E-state index is 11.8. The molecule has 0 spiro atoms. The summed E-state index contributed by atoms with van der Waals surface area (Å²) in [5.41, 5.74) is 7.35. The van der Waals surface area contributed by atoms with E-state index in [9.17, 15) is 4.79 Å². The lowest BCUT2D eigenvalue weighted by Gasteiger charge is -2.06. The van der Waals surface area contributed by atoms with E-state index in [1.807, 2.05) is 12.1 Å². The Balaban J connectivity index is 1.78. The molecule has 6 heteroatoms. The van der Waals surface area contributed by atoms with Gasteiger partial charge in [-0.2, -0.15) is 0 Å². The third kappa shape index (κ3) is 4.43. The molecule has 0 unspecified atom stereocenters. The number of carbonyl (C=O) groups excluding carboxylic acids is 1. The van der Waals surface area contributed by atoms with Crippen molar-refractivity contribution >= 4 is 35.0 Å². The molecule has 2 rings (SSSR count). The maximum absolute atomic E-state index is 11.8. The standard InChI is InChI=1S/C14H14ClN3OS/c15-11-3-1-10(2-4-11)7-18-14(19)9-20-13-5-6-17-8-12(13)16/h1-6,8H,7,9,16H2,(H,18,19). The van der Waals surface area contributed by atoms with Gasteiger partial charge in [0.15, 0.2) is 0 Å². The summed E-state index contributed by atoms with van der Waals surface area (Å²) < 4.78 is 0. The van der Waals surface area contributed by atoms with E-state index in [1.54, 1.807) is 30.6 Å². The van der Waals surface area contributed by atoms with Gasteiger partial charge in [0, 0.05) is 22.7 Å². The van der Waals surface area contributed by atoms with E-state index >= 15 is 0 Å². The molecule has 1 aromatic heterocycles. The fourth-order valence-corrected chi connectivity index (χ4v) is 2.41. The van der Waals surface area contributed by atoms with Gasteiger partial charge in [-0.25, -0.2) is 0 Å². The molecule has 20 heavy (non-hydrogen) atoms. The van der Waals surface area contributed by atoms with E-state index < -0.39 is 0 Å². The van der Waals surface area contributed by atoms with Crippen LogP contribution in [-0.2, 0) is 11.3 Å². The van der Waals surface area contributed by atoms with Crippen LogP contribution in [0.15, 0.2) is 47.6 Å². The molecule has 3 N–H and O–H groups in total. The summed E-state index contributed by atoms with van der Waals surface area (Å²) >= 11 is 7.19. The van der Waals surface area contributed by atoms with Crippen molar-refractivity contribution in [2.75, 3.05) is 11.5 Å². The van der Waals surface area contributed by atoms with Crippen molar-refractivity contribution in [2.24, 2.45) is 0 Å². The summed E-state index contributed by atoms with van der Waals surface area (Å²) in [5, 5.41) is 3.53. The lowest BCUT2D eigenvalue weighted by Crippen LogP contribution is -2.24. The number of nitrogen functional groups attached to an aromatic ring is 1. The van der Waals surface area contributed by atoms with Gasteiger partial charge in [-0.05, 0) is 23.8 Å². The number of aromatic nitrogens is 1. The van der Waals surface area contributed by atoms with Gasteiger partial charge in [0.05, 0.1) is 17.6 Å². The minimum atomic E-state index is -0.0406. The molecule has 0 aliphatic heterocycles. The summed E-state index contributed by atoms with van der Waals surface area (Å²) in [6.07, 6.45) is 3.23. The van der Waals surface area contributed by atoms with Gasteiger partial charge in [-0.15, -0.1) is 11.8 Å². The topological polar surface area (TPSA) is 68.0 Å². The molecule has 0 fully saturated rings.